The summed E-state index contributed by atoms with van der Waals surface area (Å²) in [7, 11) is 0. The summed E-state index contributed by atoms with van der Waals surface area (Å²) < 4.78 is 0. The monoisotopic (exact) mass is 433 g/mol. The van der Waals surface area contributed by atoms with Crippen LogP contribution in [-0.2, 0) is 19.2 Å². The molecule has 0 fully saturated rings. The molecule has 0 bridgehead atoms. The van der Waals surface area contributed by atoms with Crippen LogP contribution >= 0.6 is 23.5 Å². The number of hydrogen-bond donors (Lipinski definition) is 3. The molecule has 3 unspecified atom stereocenters. The Morgan fingerprint density at radius 2 is 1.21 bits per heavy atom. The van der Waals surface area contributed by atoms with E-state index in [1.807, 2.05) is 26.4 Å². The number of thioether (sulfide) groups is 2. The van der Waals surface area contributed by atoms with E-state index in [0.717, 1.165) is 5.75 Å². The van der Waals surface area contributed by atoms with Crippen LogP contribution in [0.15, 0.2) is 0 Å². The summed E-state index contributed by atoms with van der Waals surface area (Å²) in [6, 6.07) is -2.00. The zero-order valence-corrected chi connectivity index (χ0v) is 19.4. The Labute approximate surface area is 177 Å². The second-order valence-electron chi connectivity index (χ2n) is 7.18. The van der Waals surface area contributed by atoms with Crippen LogP contribution in [0.3, 0.4) is 0 Å². The third kappa shape index (κ3) is 11.6. The van der Waals surface area contributed by atoms with Gasteiger partial charge < -0.3 is 16.0 Å². The smallest absolute Gasteiger partial charge is 0.243 e. The fourth-order valence-corrected chi connectivity index (χ4v) is 3.55. The number of rotatable bonds is 14. The van der Waals surface area contributed by atoms with Crippen molar-refractivity contribution < 1.29 is 19.2 Å². The summed E-state index contributed by atoms with van der Waals surface area (Å²) in [5.41, 5.74) is 0. The van der Waals surface area contributed by atoms with E-state index in [1.54, 1.807) is 23.5 Å². The van der Waals surface area contributed by atoms with Gasteiger partial charge in [0.05, 0.1) is 6.04 Å². The molecule has 0 saturated heterocycles. The number of amides is 3. The Hall–Kier alpha value is -1.22. The molecule has 0 rings (SSSR count). The summed E-state index contributed by atoms with van der Waals surface area (Å²) >= 11 is 3.19. The lowest BCUT2D eigenvalue weighted by Crippen LogP contribution is -2.56. The molecule has 0 saturated carbocycles. The first-order valence-electron chi connectivity index (χ1n) is 9.48. The Bertz CT molecular complexity index is 529. The normalized spacial score (nSPS) is 14.1. The van der Waals surface area contributed by atoms with Gasteiger partial charge >= 0.3 is 0 Å². The van der Waals surface area contributed by atoms with E-state index in [0.29, 0.717) is 25.0 Å². The maximum atomic E-state index is 12.8. The zero-order valence-electron chi connectivity index (χ0n) is 17.8. The van der Waals surface area contributed by atoms with Gasteiger partial charge in [-0.2, -0.15) is 23.5 Å². The summed E-state index contributed by atoms with van der Waals surface area (Å²) in [6.07, 6.45) is 5.34. The highest BCUT2D eigenvalue weighted by Gasteiger charge is 2.28. The molecule has 0 spiro atoms. The van der Waals surface area contributed by atoms with Crippen LogP contribution in [0.5, 0.6) is 0 Å². The van der Waals surface area contributed by atoms with Crippen molar-refractivity contribution in [3.05, 3.63) is 0 Å². The number of nitrogens with one attached hydrogen (secondary N) is 3. The fraction of sp³-hybridized carbons (Fsp3) is 0.789. The molecule has 0 aromatic carbocycles. The summed E-state index contributed by atoms with van der Waals surface area (Å²) in [4.78, 5) is 48.7. The molecule has 7 nitrogen and oxygen atoms in total. The van der Waals surface area contributed by atoms with Crippen LogP contribution in [-0.4, -0.2) is 65.6 Å². The molecule has 0 aliphatic carbocycles. The molecule has 0 radical (unpaired) electrons. The van der Waals surface area contributed by atoms with Crippen LogP contribution in [0.4, 0.5) is 0 Å². The minimum Gasteiger partial charge on any atom is -0.345 e. The maximum Gasteiger partial charge on any atom is 0.243 e. The topological polar surface area (TPSA) is 104 Å². The Balaban J connectivity index is 5.20. The maximum absolute atomic E-state index is 12.8. The zero-order chi connectivity index (χ0) is 21.7. The lowest BCUT2D eigenvalue weighted by Gasteiger charge is -2.25. The van der Waals surface area contributed by atoms with E-state index >= 15 is 0 Å². The highest BCUT2D eigenvalue weighted by atomic mass is 32.2. The van der Waals surface area contributed by atoms with Crippen molar-refractivity contribution in [1.29, 1.82) is 0 Å². The number of ketones is 1. The van der Waals surface area contributed by atoms with Crippen LogP contribution in [0.2, 0.25) is 0 Å². The first-order chi connectivity index (χ1) is 13.1. The molecule has 0 aromatic heterocycles. The molecule has 162 valence electrons. The quantitative estimate of drug-likeness (QED) is 0.384. The van der Waals surface area contributed by atoms with Gasteiger partial charge in [0.25, 0.3) is 0 Å². The summed E-state index contributed by atoms with van der Waals surface area (Å²) in [6.45, 7) is 6.74. The molecule has 0 aliphatic rings. The molecular formula is C19H35N3O4S2. The minimum absolute atomic E-state index is 0.104. The highest BCUT2D eigenvalue weighted by molar-refractivity contribution is 7.98. The first kappa shape index (κ1) is 26.8. The highest BCUT2D eigenvalue weighted by Crippen LogP contribution is 2.09. The van der Waals surface area contributed by atoms with E-state index in [9.17, 15) is 19.2 Å². The van der Waals surface area contributed by atoms with E-state index in [-0.39, 0.29) is 29.4 Å². The SMILES string of the molecule is CSCCC(NC(=O)C(CC(C)C)NC(=O)C(CCSC)NC(C)=O)C(C)=O. The molecule has 0 aliphatic heterocycles. The summed E-state index contributed by atoms with van der Waals surface area (Å²) in [5, 5.41) is 8.19. The van der Waals surface area contributed by atoms with Gasteiger partial charge in [0, 0.05) is 6.92 Å². The van der Waals surface area contributed by atoms with Crippen LogP contribution in [0.25, 0.3) is 0 Å². The molecule has 0 aromatic rings. The molecule has 28 heavy (non-hydrogen) atoms. The molecule has 3 atom stereocenters. The second-order valence-corrected chi connectivity index (χ2v) is 9.15. The lowest BCUT2D eigenvalue weighted by molar-refractivity contribution is -0.133. The van der Waals surface area contributed by atoms with Gasteiger partial charge in [-0.1, -0.05) is 13.8 Å². The average Bonchev–Trinajstić information content (AvgIpc) is 2.60. The Kier molecular flexibility index (Phi) is 14.1. The van der Waals surface area contributed by atoms with Crippen molar-refractivity contribution >= 4 is 47.0 Å². The largest absolute Gasteiger partial charge is 0.345 e. The van der Waals surface area contributed by atoms with Gasteiger partial charge in [-0.05, 0) is 56.1 Å². The van der Waals surface area contributed by atoms with Crippen molar-refractivity contribution in [3.63, 3.8) is 0 Å². The average molecular weight is 434 g/mol. The molecular weight excluding hydrogens is 398 g/mol. The standard InChI is InChI=1S/C19H35N3O4S2/c1-12(2)11-17(19(26)21-15(13(3)23)7-9-27-5)22-18(25)16(8-10-28-6)20-14(4)24/h12,15-17H,7-11H2,1-6H3,(H,20,24)(H,21,26)(H,22,25). The molecule has 0 heterocycles. The van der Waals surface area contributed by atoms with E-state index in [4.69, 9.17) is 0 Å². The van der Waals surface area contributed by atoms with Gasteiger partial charge in [-0.3, -0.25) is 19.2 Å². The van der Waals surface area contributed by atoms with E-state index < -0.39 is 18.1 Å². The van der Waals surface area contributed by atoms with Crippen LogP contribution < -0.4 is 16.0 Å². The Morgan fingerprint density at radius 3 is 1.64 bits per heavy atom. The minimum atomic E-state index is -0.755. The first-order valence-corrected chi connectivity index (χ1v) is 12.3. The van der Waals surface area contributed by atoms with Crippen molar-refractivity contribution in [2.75, 3.05) is 24.0 Å². The number of carbonyl (C=O) groups is 4. The van der Waals surface area contributed by atoms with Crippen molar-refractivity contribution in [1.82, 2.24) is 16.0 Å². The van der Waals surface area contributed by atoms with E-state index in [2.05, 4.69) is 16.0 Å². The van der Waals surface area contributed by atoms with Crippen LogP contribution in [0, 0.1) is 5.92 Å². The summed E-state index contributed by atoms with van der Waals surface area (Å²) in [5.74, 6) is 0.491. The fourth-order valence-electron chi connectivity index (χ4n) is 2.61. The number of Topliss-reactive ketones (excluding diaryl/α,β-unsaturated/α-hetero) is 1. The van der Waals surface area contributed by atoms with Gasteiger partial charge in [0.15, 0.2) is 5.78 Å². The number of hydrogen-bond acceptors (Lipinski definition) is 6. The van der Waals surface area contributed by atoms with Gasteiger partial charge in [-0.25, -0.2) is 0 Å². The van der Waals surface area contributed by atoms with E-state index in [1.165, 1.54) is 13.8 Å². The number of carbonyl (C=O) groups excluding carboxylic acids is 4. The molecule has 3 N–H and O–H groups in total. The van der Waals surface area contributed by atoms with Crippen molar-refractivity contribution in [2.24, 2.45) is 5.92 Å². The third-order valence-corrected chi connectivity index (χ3v) is 5.35. The van der Waals surface area contributed by atoms with Crippen molar-refractivity contribution in [3.8, 4) is 0 Å². The molecule has 9 heteroatoms. The van der Waals surface area contributed by atoms with Crippen LogP contribution in [0.1, 0.15) is 47.0 Å². The van der Waals surface area contributed by atoms with Gasteiger partial charge in [0.2, 0.25) is 17.7 Å². The van der Waals surface area contributed by atoms with Gasteiger partial charge in [-0.15, -0.1) is 0 Å². The Morgan fingerprint density at radius 1 is 0.750 bits per heavy atom. The third-order valence-electron chi connectivity index (χ3n) is 4.06. The lowest BCUT2D eigenvalue weighted by atomic mass is 10.0. The molecule has 3 amide bonds. The predicted molar refractivity (Wildman–Crippen MR) is 118 cm³/mol. The predicted octanol–water partition coefficient (Wildman–Crippen LogP) is 1.60. The van der Waals surface area contributed by atoms with Crippen molar-refractivity contribution in [2.45, 2.75) is 65.1 Å². The van der Waals surface area contributed by atoms with Gasteiger partial charge in [0.1, 0.15) is 12.1 Å². The second kappa shape index (κ2) is 14.7.